The van der Waals surface area contributed by atoms with Gasteiger partial charge in [-0.15, -0.1) is 5.10 Å². The molecule has 0 aliphatic carbocycles. The van der Waals surface area contributed by atoms with Crippen LogP contribution in [-0.2, 0) is 6.54 Å². The fourth-order valence-electron chi connectivity index (χ4n) is 5.46. The number of aromatic nitrogens is 6. The lowest BCUT2D eigenvalue weighted by molar-refractivity contribution is 0.0414. The summed E-state index contributed by atoms with van der Waals surface area (Å²) in [5.74, 6) is 1.37. The van der Waals surface area contributed by atoms with Crippen LogP contribution in [0.3, 0.4) is 0 Å². The van der Waals surface area contributed by atoms with Crippen molar-refractivity contribution < 1.29 is 14.3 Å². The number of likely N-dealkylation sites (tertiary alicyclic amines) is 1. The van der Waals surface area contributed by atoms with Crippen molar-refractivity contribution in [2.45, 2.75) is 32.4 Å². The van der Waals surface area contributed by atoms with Crippen molar-refractivity contribution in [1.29, 1.82) is 5.26 Å². The number of carbonyl (C=O) groups excluding carboxylic acids is 1. The number of hydrogen-bond donors (Lipinski definition) is 2. The molecule has 13 nitrogen and oxygen atoms in total. The molecule has 6 rings (SSSR count). The summed E-state index contributed by atoms with van der Waals surface area (Å²) in [6.45, 7) is 5.97. The number of benzene rings is 2. The zero-order valence-corrected chi connectivity index (χ0v) is 24.0. The van der Waals surface area contributed by atoms with Crippen molar-refractivity contribution in [3.05, 3.63) is 66.2 Å². The molecule has 1 atom stereocenters. The average Bonchev–Trinajstić information content (AvgIpc) is 3.53. The summed E-state index contributed by atoms with van der Waals surface area (Å²) in [6, 6.07) is 12.9. The van der Waals surface area contributed by atoms with Crippen LogP contribution in [-0.4, -0.2) is 80.4 Å². The summed E-state index contributed by atoms with van der Waals surface area (Å²) in [5, 5.41) is 27.2. The zero-order valence-electron chi connectivity index (χ0n) is 24.0. The molecule has 2 aliphatic rings. The second kappa shape index (κ2) is 12.0. The molecule has 0 saturated carbocycles. The molecule has 0 unspecified atom stereocenters. The number of nitriles is 1. The average molecular weight is 581 g/mol. The van der Waals surface area contributed by atoms with Gasteiger partial charge < -0.3 is 25.0 Å². The Hall–Kier alpha value is -5.09. The number of nitrogens with zero attached hydrogens (tertiary/aromatic N) is 8. The first kappa shape index (κ1) is 28.0. The van der Waals surface area contributed by atoms with Gasteiger partial charge in [-0.1, -0.05) is 6.07 Å². The van der Waals surface area contributed by atoms with Crippen LogP contribution in [0.15, 0.2) is 55.1 Å². The van der Waals surface area contributed by atoms with E-state index in [0.717, 1.165) is 50.1 Å². The Balaban J connectivity index is 1.12. The largest absolute Gasteiger partial charge is 0.495 e. The lowest BCUT2D eigenvalue weighted by Crippen LogP contribution is -2.58. The molecule has 1 amide bonds. The minimum atomic E-state index is -0.276. The molecule has 2 fully saturated rings. The van der Waals surface area contributed by atoms with Crippen LogP contribution >= 0.6 is 0 Å². The van der Waals surface area contributed by atoms with Gasteiger partial charge in [0, 0.05) is 49.7 Å². The highest BCUT2D eigenvalue weighted by molar-refractivity contribution is 5.95. The third kappa shape index (κ3) is 6.09. The van der Waals surface area contributed by atoms with Crippen LogP contribution in [0.2, 0.25) is 0 Å². The van der Waals surface area contributed by atoms with Gasteiger partial charge in [-0.05, 0) is 71.5 Å². The maximum absolute atomic E-state index is 13.2. The molecule has 2 aliphatic heterocycles. The molecule has 1 spiro atoms. The van der Waals surface area contributed by atoms with Crippen LogP contribution in [0, 0.1) is 16.7 Å². The molecule has 2 aromatic carbocycles. The van der Waals surface area contributed by atoms with E-state index in [1.165, 1.54) is 6.33 Å². The summed E-state index contributed by atoms with van der Waals surface area (Å²) in [7, 11) is 1.57. The molecule has 4 heterocycles. The molecular weight excluding hydrogens is 548 g/mol. The Kier molecular flexibility index (Phi) is 7.84. The van der Waals surface area contributed by atoms with E-state index in [9.17, 15) is 10.1 Å². The van der Waals surface area contributed by atoms with Gasteiger partial charge in [0.15, 0.2) is 0 Å². The molecule has 2 aromatic heterocycles. The summed E-state index contributed by atoms with van der Waals surface area (Å²) in [4.78, 5) is 24.1. The number of nitrogens with one attached hydrogen (secondary N) is 2. The lowest BCUT2D eigenvalue weighted by atomic mass is 9.73. The molecule has 0 radical (unpaired) electrons. The fourth-order valence-corrected chi connectivity index (χ4v) is 5.46. The molecule has 13 heteroatoms. The van der Waals surface area contributed by atoms with Crippen LogP contribution in [0.25, 0.3) is 11.1 Å². The SMILES string of the molecule is COc1cc(C(=O)N2CCC3(CC2)CNC3)ccc1Nc1ncc(-c2ccc(C#N)c(O[C@@H](C)Cn3cnnn3)c2)cn1. The predicted molar refractivity (Wildman–Crippen MR) is 157 cm³/mol. The molecular formula is C30H32N10O3. The highest BCUT2D eigenvalue weighted by atomic mass is 16.5. The lowest BCUT2D eigenvalue weighted by Gasteiger charge is -2.48. The van der Waals surface area contributed by atoms with Crippen molar-refractivity contribution in [3.8, 4) is 28.7 Å². The second-order valence-corrected chi connectivity index (χ2v) is 11.0. The van der Waals surface area contributed by atoms with Crippen LogP contribution in [0.1, 0.15) is 35.7 Å². The second-order valence-electron chi connectivity index (χ2n) is 11.0. The number of hydrogen-bond acceptors (Lipinski definition) is 11. The maximum atomic E-state index is 13.2. The number of ether oxygens (including phenoxy) is 2. The highest BCUT2D eigenvalue weighted by Gasteiger charge is 2.40. The zero-order chi connectivity index (χ0) is 29.8. The van der Waals surface area contributed by atoms with Gasteiger partial charge in [0.25, 0.3) is 5.91 Å². The van der Waals surface area contributed by atoms with Crippen molar-refractivity contribution in [2.24, 2.45) is 5.41 Å². The van der Waals surface area contributed by atoms with E-state index < -0.39 is 0 Å². The number of anilines is 2. The number of carbonyl (C=O) groups is 1. The van der Waals surface area contributed by atoms with Crippen LogP contribution in [0.5, 0.6) is 11.5 Å². The summed E-state index contributed by atoms with van der Waals surface area (Å²) in [5.41, 5.74) is 3.59. The Bertz CT molecular complexity index is 1620. The Morgan fingerprint density at radius 3 is 2.56 bits per heavy atom. The molecule has 2 N–H and O–H groups in total. The number of methoxy groups -OCH3 is 1. The Morgan fingerprint density at radius 2 is 1.91 bits per heavy atom. The smallest absolute Gasteiger partial charge is 0.253 e. The minimum absolute atomic E-state index is 0.0168. The Labute approximate surface area is 248 Å². The molecule has 43 heavy (non-hydrogen) atoms. The van der Waals surface area contributed by atoms with Gasteiger partial charge in [0.2, 0.25) is 5.95 Å². The minimum Gasteiger partial charge on any atom is -0.495 e. The highest BCUT2D eigenvalue weighted by Crippen LogP contribution is 2.36. The molecule has 0 bridgehead atoms. The van der Waals surface area contributed by atoms with Gasteiger partial charge in [0.05, 0.1) is 24.9 Å². The Morgan fingerprint density at radius 1 is 1.12 bits per heavy atom. The quantitative estimate of drug-likeness (QED) is 0.300. The molecule has 4 aromatic rings. The van der Waals surface area contributed by atoms with Crippen molar-refractivity contribution >= 4 is 17.5 Å². The monoisotopic (exact) mass is 580 g/mol. The third-order valence-electron chi connectivity index (χ3n) is 8.06. The van der Waals surface area contributed by atoms with E-state index in [4.69, 9.17) is 9.47 Å². The molecule has 2 saturated heterocycles. The summed E-state index contributed by atoms with van der Waals surface area (Å²) < 4.78 is 13.2. The maximum Gasteiger partial charge on any atom is 0.253 e. The van der Waals surface area contributed by atoms with Crippen molar-refractivity contribution in [3.63, 3.8) is 0 Å². The van der Waals surface area contributed by atoms with Gasteiger partial charge in [-0.3, -0.25) is 4.79 Å². The fraction of sp³-hybridized carbons (Fsp3) is 0.367. The van der Waals surface area contributed by atoms with Gasteiger partial charge in [-0.25, -0.2) is 14.6 Å². The number of amides is 1. The summed E-state index contributed by atoms with van der Waals surface area (Å²) in [6.07, 6.45) is 6.69. The van der Waals surface area contributed by atoms with Gasteiger partial charge >= 0.3 is 0 Å². The van der Waals surface area contributed by atoms with E-state index in [1.807, 2.05) is 24.0 Å². The van der Waals surface area contributed by atoms with E-state index in [2.05, 4.69) is 42.2 Å². The topological polar surface area (TPSA) is 156 Å². The number of tetrazole rings is 1. The third-order valence-corrected chi connectivity index (χ3v) is 8.06. The van der Waals surface area contributed by atoms with Crippen molar-refractivity contribution in [2.75, 3.05) is 38.6 Å². The van der Waals surface area contributed by atoms with Crippen molar-refractivity contribution in [1.82, 2.24) is 40.4 Å². The van der Waals surface area contributed by atoms with E-state index in [-0.39, 0.29) is 12.0 Å². The standard InChI is InChI=1S/C30H32N10O3/c1-20(16-40-19-35-37-38-40)43-26-11-21(3-4-23(26)13-31)24-14-33-29(34-15-24)36-25-6-5-22(12-27(25)42-2)28(41)39-9-7-30(8-10-39)17-32-18-30/h3-6,11-12,14-15,19-20,32H,7-10,16-18H2,1-2H3,(H,33,34,36)/t20-/m0/s1. The van der Waals surface area contributed by atoms with E-state index in [1.54, 1.807) is 48.5 Å². The van der Waals surface area contributed by atoms with Crippen LogP contribution < -0.4 is 20.1 Å². The van der Waals surface area contributed by atoms with E-state index in [0.29, 0.717) is 46.2 Å². The first-order valence-electron chi connectivity index (χ1n) is 14.1. The summed E-state index contributed by atoms with van der Waals surface area (Å²) >= 11 is 0. The first-order valence-corrected chi connectivity index (χ1v) is 14.1. The molecule has 220 valence electrons. The normalized spacial score (nSPS) is 16.2. The first-order chi connectivity index (χ1) is 20.9. The predicted octanol–water partition coefficient (Wildman–Crippen LogP) is 3.05. The van der Waals surface area contributed by atoms with Crippen LogP contribution in [0.4, 0.5) is 11.6 Å². The number of piperidine rings is 1. The van der Waals surface area contributed by atoms with E-state index >= 15 is 0 Å². The number of rotatable bonds is 9. The van der Waals surface area contributed by atoms with Gasteiger partial charge in [-0.2, -0.15) is 5.26 Å². The van der Waals surface area contributed by atoms with Gasteiger partial charge in [0.1, 0.15) is 30.0 Å².